The van der Waals surface area contributed by atoms with E-state index in [9.17, 15) is 48.6 Å². The second-order valence-corrected chi connectivity index (χ2v) is 16.1. The minimum atomic E-state index is -1.34. The standard InChI is InChI=1S/C44H54N14O10/c1-23(2)34(55-31(59)10-5-4-8-18-58-32(60)15-16-33(58)61)41(64)51-24(3)39(62)53-27-19-29(42(65)66)37(49-20-27)47-17-7-6-9-30(43(67)68)54-40(63)25-11-13-26(14-12-25)48-21-28-22-50-38-35(52-28)36(45)56-44(46)57-38/h11-16,19-20,22-24,30,34,48H,4-10,17-18,21H2,1-3H3,(H,47,49)(H,51,64)(H,53,62)(H,54,63)(H,55,59)(H,65,66)(H,67,68)(H4,45,46,50,56,57)/t24-,30-,34-/m0/s1. The number of nitrogen functional groups attached to an aromatic ring is 2. The number of nitrogens with two attached hydrogens (primary N) is 2. The van der Waals surface area contributed by atoms with Crippen LogP contribution in [0.15, 0.2) is 54.9 Å². The fourth-order valence-electron chi connectivity index (χ4n) is 6.80. The van der Waals surface area contributed by atoms with Crippen LogP contribution in [0.25, 0.3) is 11.2 Å². The number of unbranched alkanes of at least 4 members (excludes halogenated alkanes) is 3. The third-order valence-electron chi connectivity index (χ3n) is 10.5. The van der Waals surface area contributed by atoms with E-state index in [-0.39, 0.29) is 96.2 Å². The van der Waals surface area contributed by atoms with Gasteiger partial charge in [-0.15, -0.1) is 0 Å². The Balaban J connectivity index is 1.02. The summed E-state index contributed by atoms with van der Waals surface area (Å²) in [5, 5.41) is 36.1. The van der Waals surface area contributed by atoms with Crippen LogP contribution < -0.4 is 43.4 Å². The lowest BCUT2D eigenvalue weighted by Gasteiger charge is -2.24. The minimum absolute atomic E-state index is 0.00224. The molecule has 24 nitrogen and oxygen atoms in total. The maximum atomic E-state index is 13.1. The van der Waals surface area contributed by atoms with Crippen molar-refractivity contribution in [2.45, 2.75) is 90.4 Å². The van der Waals surface area contributed by atoms with Crippen molar-refractivity contribution in [1.29, 1.82) is 0 Å². The van der Waals surface area contributed by atoms with E-state index in [1.807, 2.05) is 0 Å². The quantitative estimate of drug-likeness (QED) is 0.0335. The average molecular weight is 939 g/mol. The van der Waals surface area contributed by atoms with E-state index in [4.69, 9.17) is 11.5 Å². The molecule has 4 aromatic rings. The van der Waals surface area contributed by atoms with E-state index >= 15 is 0 Å². The zero-order chi connectivity index (χ0) is 49.5. The molecule has 360 valence electrons. The molecule has 3 atom stereocenters. The van der Waals surface area contributed by atoms with Crippen molar-refractivity contribution in [1.82, 2.24) is 45.8 Å². The van der Waals surface area contributed by atoms with Crippen LogP contribution in [0.2, 0.25) is 0 Å². The third kappa shape index (κ3) is 14.3. The first-order chi connectivity index (χ1) is 32.4. The number of aromatic nitrogens is 5. The van der Waals surface area contributed by atoms with Gasteiger partial charge in [-0.3, -0.25) is 33.7 Å². The molecule has 68 heavy (non-hydrogen) atoms. The van der Waals surface area contributed by atoms with Crippen molar-refractivity contribution in [2.75, 3.05) is 40.5 Å². The van der Waals surface area contributed by atoms with Crippen LogP contribution in [0.1, 0.15) is 92.1 Å². The van der Waals surface area contributed by atoms with Crippen molar-refractivity contribution >= 4 is 87.5 Å². The molecule has 12 N–H and O–H groups in total. The van der Waals surface area contributed by atoms with Gasteiger partial charge in [0.1, 0.15) is 29.5 Å². The normalized spacial score (nSPS) is 13.4. The van der Waals surface area contributed by atoms with Gasteiger partial charge in [-0.1, -0.05) is 20.3 Å². The van der Waals surface area contributed by atoms with Gasteiger partial charge in [0.05, 0.1) is 30.3 Å². The van der Waals surface area contributed by atoms with Crippen LogP contribution >= 0.6 is 0 Å². The Hall–Kier alpha value is -8.31. The molecule has 24 heteroatoms. The lowest BCUT2D eigenvalue weighted by molar-refractivity contribution is -0.139. The first kappa shape index (κ1) is 50.7. The summed E-state index contributed by atoms with van der Waals surface area (Å²) in [4.78, 5) is 121. The van der Waals surface area contributed by atoms with Crippen LogP contribution in [0.4, 0.5) is 29.0 Å². The first-order valence-corrected chi connectivity index (χ1v) is 21.7. The van der Waals surface area contributed by atoms with E-state index in [1.54, 1.807) is 26.0 Å². The molecule has 5 rings (SSSR count). The van der Waals surface area contributed by atoms with Crippen molar-refractivity contribution < 1.29 is 48.6 Å². The van der Waals surface area contributed by atoms with Gasteiger partial charge in [-0.05, 0) is 75.3 Å². The summed E-state index contributed by atoms with van der Waals surface area (Å²) in [7, 11) is 0. The monoisotopic (exact) mass is 938 g/mol. The van der Waals surface area contributed by atoms with Gasteiger partial charge in [0, 0.05) is 42.9 Å². The summed E-state index contributed by atoms with van der Waals surface area (Å²) < 4.78 is 0. The SMILES string of the molecule is CC(C)[C@H](NC(=O)CCCCCN1C(=O)C=CC1=O)C(=O)N[C@@H](C)C(=O)Nc1cnc(NCCCC[C@H](NC(=O)c2ccc(NCc3cnc4nc(N)nc(N)c4n3)cc2)C(=O)O)c(C(=O)O)c1. The Morgan fingerprint density at radius 2 is 1.49 bits per heavy atom. The molecule has 0 saturated carbocycles. The van der Waals surface area contributed by atoms with E-state index in [0.29, 0.717) is 49.0 Å². The Kier molecular flexibility index (Phi) is 17.7. The number of nitrogens with zero attached hydrogens (tertiary/aromatic N) is 6. The number of hydrogen-bond donors (Lipinski definition) is 10. The van der Waals surface area contributed by atoms with Crippen molar-refractivity contribution in [2.24, 2.45) is 5.92 Å². The number of anilines is 5. The Labute approximate surface area is 389 Å². The second-order valence-electron chi connectivity index (χ2n) is 16.1. The fourth-order valence-corrected chi connectivity index (χ4v) is 6.80. The summed E-state index contributed by atoms with van der Waals surface area (Å²) in [6.45, 7) is 5.60. The molecule has 0 aliphatic carbocycles. The molecule has 6 amide bonds. The van der Waals surface area contributed by atoms with E-state index < -0.39 is 47.8 Å². The molecule has 1 aliphatic heterocycles. The Morgan fingerprint density at radius 3 is 2.16 bits per heavy atom. The lowest BCUT2D eigenvalue weighted by atomic mass is 10.0. The highest BCUT2D eigenvalue weighted by molar-refractivity contribution is 6.12. The largest absolute Gasteiger partial charge is 0.480 e. The zero-order valence-electron chi connectivity index (χ0n) is 37.6. The summed E-state index contributed by atoms with van der Waals surface area (Å²) in [6.07, 6.45) is 7.63. The van der Waals surface area contributed by atoms with Crippen LogP contribution in [0, 0.1) is 5.92 Å². The number of rotatable bonds is 25. The Bertz CT molecular complexity index is 2550. The van der Waals surface area contributed by atoms with E-state index in [0.717, 1.165) is 4.90 Å². The lowest BCUT2D eigenvalue weighted by Crippen LogP contribution is -2.53. The molecule has 0 spiro atoms. The molecule has 0 bridgehead atoms. The van der Waals surface area contributed by atoms with Gasteiger partial charge in [-0.25, -0.2) is 24.5 Å². The number of hydrogen-bond acceptors (Lipinski definition) is 17. The molecular formula is C44H54N14O10. The van der Waals surface area contributed by atoms with Crippen molar-refractivity contribution in [3.8, 4) is 0 Å². The predicted octanol–water partition coefficient (Wildman–Crippen LogP) is 1.82. The maximum absolute atomic E-state index is 13.1. The van der Waals surface area contributed by atoms with Crippen molar-refractivity contribution in [3.05, 3.63) is 71.7 Å². The van der Waals surface area contributed by atoms with Gasteiger partial charge >= 0.3 is 11.9 Å². The van der Waals surface area contributed by atoms with Crippen molar-refractivity contribution in [3.63, 3.8) is 0 Å². The number of imide groups is 1. The number of benzene rings is 1. The first-order valence-electron chi connectivity index (χ1n) is 21.7. The number of pyridine rings is 1. The number of nitrogens with one attached hydrogen (secondary N) is 6. The molecule has 1 aromatic carbocycles. The number of carboxylic acid groups (broad SMARTS) is 2. The van der Waals surface area contributed by atoms with Crippen LogP contribution in [-0.2, 0) is 35.3 Å². The molecule has 4 heterocycles. The average Bonchev–Trinajstić information content (AvgIpc) is 3.62. The number of amides is 6. The smallest absolute Gasteiger partial charge is 0.339 e. The summed E-state index contributed by atoms with van der Waals surface area (Å²) >= 11 is 0. The number of carboxylic acids is 2. The summed E-state index contributed by atoms with van der Waals surface area (Å²) in [5.41, 5.74) is 13.3. The molecule has 0 fully saturated rings. The number of aliphatic carboxylic acids is 1. The topological polar surface area (TPSA) is 369 Å². The van der Waals surface area contributed by atoms with Gasteiger partial charge in [0.25, 0.3) is 17.7 Å². The highest BCUT2D eigenvalue weighted by Crippen LogP contribution is 2.20. The number of aromatic carboxylic acids is 1. The van der Waals surface area contributed by atoms with E-state index in [1.165, 1.54) is 49.7 Å². The number of fused-ring (bicyclic) bond motifs is 1. The molecule has 3 aromatic heterocycles. The van der Waals surface area contributed by atoms with Gasteiger partial charge in [-0.2, -0.15) is 9.97 Å². The predicted molar refractivity (Wildman–Crippen MR) is 247 cm³/mol. The molecule has 1 aliphatic rings. The number of carbonyl (C=O) groups excluding carboxylic acids is 6. The molecule has 0 unspecified atom stereocenters. The zero-order valence-corrected chi connectivity index (χ0v) is 37.6. The number of carbonyl (C=O) groups is 8. The van der Waals surface area contributed by atoms with Crippen LogP contribution in [-0.4, -0.2) is 119 Å². The fraction of sp³-hybridized carbons (Fsp3) is 0.386. The van der Waals surface area contributed by atoms with E-state index in [2.05, 4.69) is 56.8 Å². The van der Waals surface area contributed by atoms with Gasteiger partial charge in [0.15, 0.2) is 17.0 Å². The Morgan fingerprint density at radius 1 is 0.765 bits per heavy atom. The minimum Gasteiger partial charge on any atom is -0.480 e. The van der Waals surface area contributed by atoms with Gasteiger partial charge < -0.3 is 53.6 Å². The summed E-state index contributed by atoms with van der Waals surface area (Å²) in [6, 6.07) is 4.31. The maximum Gasteiger partial charge on any atom is 0.339 e. The van der Waals surface area contributed by atoms with Gasteiger partial charge in [0.2, 0.25) is 23.7 Å². The third-order valence-corrected chi connectivity index (χ3v) is 10.5. The molecule has 0 saturated heterocycles. The molecule has 0 radical (unpaired) electrons. The van der Waals surface area contributed by atoms with Crippen LogP contribution in [0.5, 0.6) is 0 Å². The second kappa shape index (κ2) is 23.7. The highest BCUT2D eigenvalue weighted by Gasteiger charge is 2.28. The molecular weight excluding hydrogens is 885 g/mol. The van der Waals surface area contributed by atoms with Crippen LogP contribution in [0.3, 0.4) is 0 Å². The summed E-state index contributed by atoms with van der Waals surface area (Å²) in [5.74, 6) is -5.80. The highest BCUT2D eigenvalue weighted by atomic mass is 16.4.